The van der Waals surface area contributed by atoms with E-state index in [9.17, 15) is 8.42 Å². The molecule has 0 bridgehead atoms. The van der Waals surface area contributed by atoms with Gasteiger partial charge in [-0.1, -0.05) is 25.1 Å². The van der Waals surface area contributed by atoms with Crippen molar-refractivity contribution in [2.45, 2.75) is 32.1 Å². The molecule has 17 heavy (non-hydrogen) atoms. The van der Waals surface area contributed by atoms with E-state index in [0.717, 1.165) is 6.42 Å². The van der Waals surface area contributed by atoms with Gasteiger partial charge in [0.05, 0.1) is 17.4 Å². The third-order valence-electron chi connectivity index (χ3n) is 2.48. The number of nitriles is 1. The van der Waals surface area contributed by atoms with Crippen LogP contribution in [0.1, 0.15) is 31.4 Å². The number of sulfonamides is 1. The highest BCUT2D eigenvalue weighted by atomic mass is 32.2. The average Bonchev–Trinajstić information content (AvgIpc) is 2.28. The fraction of sp³-hybridized carbons (Fsp3) is 0.417. The zero-order valence-corrected chi connectivity index (χ0v) is 10.8. The van der Waals surface area contributed by atoms with Crippen LogP contribution < -0.4 is 4.72 Å². The van der Waals surface area contributed by atoms with Crippen molar-refractivity contribution in [1.82, 2.24) is 4.72 Å². The number of nitrogens with zero attached hydrogens (tertiary/aromatic N) is 1. The van der Waals surface area contributed by atoms with Crippen LogP contribution in [0.3, 0.4) is 0 Å². The summed E-state index contributed by atoms with van der Waals surface area (Å²) in [5, 5.41) is 8.88. The Kier molecular flexibility index (Phi) is 4.67. The van der Waals surface area contributed by atoms with Gasteiger partial charge >= 0.3 is 0 Å². The van der Waals surface area contributed by atoms with Crippen LogP contribution in [0.15, 0.2) is 24.3 Å². The number of benzene rings is 1. The van der Waals surface area contributed by atoms with Crippen LogP contribution in [0.25, 0.3) is 0 Å². The van der Waals surface area contributed by atoms with Gasteiger partial charge in [0.15, 0.2) is 0 Å². The highest BCUT2D eigenvalue weighted by molar-refractivity contribution is 7.88. The van der Waals surface area contributed by atoms with Crippen LogP contribution in [0.2, 0.25) is 0 Å². The van der Waals surface area contributed by atoms with Gasteiger partial charge in [-0.2, -0.15) is 5.26 Å². The molecule has 5 heteroatoms. The van der Waals surface area contributed by atoms with Crippen molar-refractivity contribution in [3.63, 3.8) is 0 Å². The average molecular weight is 252 g/mol. The van der Waals surface area contributed by atoms with Gasteiger partial charge in [0.25, 0.3) is 0 Å². The molecule has 1 atom stereocenters. The lowest BCUT2D eigenvalue weighted by Gasteiger charge is -2.12. The van der Waals surface area contributed by atoms with Crippen LogP contribution in [-0.4, -0.2) is 14.5 Å². The first-order valence-electron chi connectivity index (χ1n) is 5.46. The molecule has 0 aromatic heterocycles. The molecule has 0 saturated heterocycles. The predicted octanol–water partition coefficient (Wildman–Crippen LogP) is 1.78. The second-order valence-electron chi connectivity index (χ2n) is 3.96. The summed E-state index contributed by atoms with van der Waals surface area (Å²) in [6.45, 7) is 3.73. The van der Waals surface area contributed by atoms with Crippen LogP contribution in [0, 0.1) is 11.3 Å². The maximum Gasteiger partial charge on any atom is 0.216 e. The molecule has 1 unspecified atom stereocenters. The Balaban J connectivity index is 2.88. The molecule has 1 aromatic rings. The quantitative estimate of drug-likeness (QED) is 0.868. The largest absolute Gasteiger partial charge is 0.216 e. The number of hydrogen-bond donors (Lipinski definition) is 1. The highest BCUT2D eigenvalue weighted by Crippen LogP contribution is 2.11. The third kappa shape index (κ3) is 4.17. The van der Waals surface area contributed by atoms with E-state index in [2.05, 4.69) is 4.72 Å². The smallest absolute Gasteiger partial charge is 0.212 e. The third-order valence-corrected chi connectivity index (χ3v) is 3.93. The van der Waals surface area contributed by atoms with Crippen molar-refractivity contribution in [1.29, 1.82) is 5.26 Å². The molecule has 1 N–H and O–H groups in total. The van der Waals surface area contributed by atoms with Crippen molar-refractivity contribution in [2.24, 2.45) is 0 Å². The summed E-state index contributed by atoms with van der Waals surface area (Å²) in [6.07, 6.45) is 0.735. The van der Waals surface area contributed by atoms with Gasteiger partial charge in [0.2, 0.25) is 10.0 Å². The van der Waals surface area contributed by atoms with Crippen LogP contribution >= 0.6 is 0 Å². The Morgan fingerprint density at radius 3 is 2.65 bits per heavy atom. The van der Waals surface area contributed by atoms with Crippen LogP contribution in [0.4, 0.5) is 0 Å². The monoisotopic (exact) mass is 252 g/mol. The first kappa shape index (κ1) is 13.7. The molecule has 92 valence electrons. The molecule has 0 fully saturated rings. The predicted molar refractivity (Wildman–Crippen MR) is 66.7 cm³/mol. The fourth-order valence-electron chi connectivity index (χ4n) is 1.39. The van der Waals surface area contributed by atoms with Crippen LogP contribution in [0.5, 0.6) is 0 Å². The maximum absolute atomic E-state index is 11.8. The topological polar surface area (TPSA) is 70.0 Å². The summed E-state index contributed by atoms with van der Waals surface area (Å²) in [5.74, 6) is -0.152. The minimum Gasteiger partial charge on any atom is -0.212 e. The summed E-state index contributed by atoms with van der Waals surface area (Å²) in [5.41, 5.74) is 0.938. The SMILES string of the molecule is CCC(C)NS(=O)(=O)Cc1ccccc1C#N. The Hall–Kier alpha value is -1.38. The normalized spacial score (nSPS) is 13.0. The summed E-state index contributed by atoms with van der Waals surface area (Å²) in [4.78, 5) is 0. The number of nitrogens with one attached hydrogen (secondary N) is 1. The van der Waals surface area contributed by atoms with E-state index < -0.39 is 10.0 Å². The van der Waals surface area contributed by atoms with Gasteiger partial charge < -0.3 is 0 Å². The number of rotatable bonds is 5. The van der Waals surface area contributed by atoms with E-state index >= 15 is 0 Å². The molecule has 1 rings (SSSR count). The van der Waals surface area contributed by atoms with Gasteiger partial charge in [0, 0.05) is 6.04 Å². The molecule has 0 heterocycles. The summed E-state index contributed by atoms with van der Waals surface area (Å²) in [7, 11) is -3.38. The van der Waals surface area contributed by atoms with Crippen molar-refractivity contribution in [3.8, 4) is 6.07 Å². The maximum atomic E-state index is 11.8. The van der Waals surface area contributed by atoms with Gasteiger partial charge in [-0.15, -0.1) is 0 Å². The Morgan fingerprint density at radius 1 is 1.41 bits per heavy atom. The minimum atomic E-state index is -3.38. The van der Waals surface area contributed by atoms with Crippen molar-refractivity contribution < 1.29 is 8.42 Å². The minimum absolute atomic E-state index is 0.0887. The number of hydrogen-bond acceptors (Lipinski definition) is 3. The Labute approximate surface area is 102 Å². The molecule has 0 aliphatic heterocycles. The second kappa shape index (κ2) is 5.80. The lowest BCUT2D eigenvalue weighted by molar-refractivity contribution is 0.555. The molecule has 1 aromatic carbocycles. The molecule has 4 nitrogen and oxygen atoms in total. The zero-order valence-electron chi connectivity index (χ0n) is 9.97. The molecular formula is C12H16N2O2S. The molecule has 0 amide bonds. The Bertz CT molecular complexity index is 518. The van der Waals surface area contributed by atoms with E-state index in [0.29, 0.717) is 11.1 Å². The standard InChI is InChI=1S/C12H16N2O2S/c1-3-10(2)14-17(15,16)9-12-7-5-4-6-11(12)8-13/h4-7,10,14H,3,9H2,1-2H3. The van der Waals surface area contributed by atoms with E-state index in [-0.39, 0.29) is 11.8 Å². The zero-order chi connectivity index (χ0) is 12.9. The lowest BCUT2D eigenvalue weighted by Crippen LogP contribution is -2.33. The molecule has 0 aliphatic rings. The summed E-state index contributed by atoms with van der Waals surface area (Å²) < 4.78 is 26.2. The second-order valence-corrected chi connectivity index (χ2v) is 5.71. The summed E-state index contributed by atoms with van der Waals surface area (Å²) in [6, 6.07) is 8.63. The molecule has 0 spiro atoms. The molecule has 0 aliphatic carbocycles. The van der Waals surface area contributed by atoms with Crippen molar-refractivity contribution >= 4 is 10.0 Å². The molecule has 0 radical (unpaired) electrons. The highest BCUT2D eigenvalue weighted by Gasteiger charge is 2.16. The first-order valence-corrected chi connectivity index (χ1v) is 7.11. The fourth-order valence-corrected chi connectivity index (χ4v) is 2.92. The summed E-state index contributed by atoms with van der Waals surface area (Å²) >= 11 is 0. The van der Waals surface area contributed by atoms with Crippen LogP contribution in [-0.2, 0) is 15.8 Å². The van der Waals surface area contributed by atoms with Crippen molar-refractivity contribution in [2.75, 3.05) is 0 Å². The van der Waals surface area contributed by atoms with Gasteiger partial charge in [-0.25, -0.2) is 13.1 Å². The molecule has 0 saturated carbocycles. The van der Waals surface area contributed by atoms with Gasteiger partial charge in [0.1, 0.15) is 0 Å². The van der Waals surface area contributed by atoms with Gasteiger partial charge in [-0.05, 0) is 25.0 Å². The van der Waals surface area contributed by atoms with Crippen molar-refractivity contribution in [3.05, 3.63) is 35.4 Å². The Morgan fingerprint density at radius 2 is 2.06 bits per heavy atom. The first-order chi connectivity index (χ1) is 7.98. The molecular weight excluding hydrogens is 236 g/mol. The van der Waals surface area contributed by atoms with E-state index in [1.54, 1.807) is 24.3 Å². The van der Waals surface area contributed by atoms with E-state index in [1.807, 2.05) is 19.9 Å². The van der Waals surface area contributed by atoms with Gasteiger partial charge in [-0.3, -0.25) is 0 Å². The van der Waals surface area contributed by atoms with E-state index in [4.69, 9.17) is 5.26 Å². The van der Waals surface area contributed by atoms with E-state index in [1.165, 1.54) is 0 Å². The lowest BCUT2D eigenvalue weighted by atomic mass is 10.1.